The van der Waals surface area contributed by atoms with Crippen LogP contribution in [0.3, 0.4) is 0 Å². The first-order chi connectivity index (χ1) is 11.0. The summed E-state index contributed by atoms with van der Waals surface area (Å²) in [4.78, 5) is 23.8. The highest BCUT2D eigenvalue weighted by atomic mass is 16.7. The third kappa shape index (κ3) is 3.26. The van der Waals surface area contributed by atoms with Crippen LogP contribution in [0.4, 0.5) is 0 Å². The Labute approximate surface area is 134 Å². The second kappa shape index (κ2) is 5.88. The predicted octanol–water partition coefficient (Wildman–Crippen LogP) is 3.70. The molecule has 0 N–H and O–H groups in total. The molecule has 0 atom stereocenters. The Morgan fingerprint density at radius 3 is 2.39 bits per heavy atom. The number of carbonyl (C=O) groups is 2. The Bertz CT molecular complexity index is 764. The molecule has 4 nitrogen and oxygen atoms in total. The minimum atomic E-state index is -1.18. The molecule has 4 heteroatoms. The van der Waals surface area contributed by atoms with E-state index in [1.807, 2.05) is 54.6 Å². The Hall–Kier alpha value is -2.62. The van der Waals surface area contributed by atoms with Crippen LogP contribution in [0.2, 0.25) is 0 Å². The molecule has 2 aromatic rings. The number of esters is 2. The molecule has 1 heterocycles. The van der Waals surface area contributed by atoms with Crippen molar-refractivity contribution in [1.29, 1.82) is 0 Å². The summed E-state index contributed by atoms with van der Waals surface area (Å²) < 4.78 is 10.2. The zero-order chi connectivity index (χ0) is 16.4. The van der Waals surface area contributed by atoms with Crippen molar-refractivity contribution in [2.24, 2.45) is 5.92 Å². The molecular weight excluding hydrogens is 292 g/mol. The van der Waals surface area contributed by atoms with Gasteiger partial charge in [-0.25, -0.2) is 0 Å². The molecule has 1 aliphatic heterocycles. The second-order valence-corrected chi connectivity index (χ2v) is 6.00. The van der Waals surface area contributed by atoms with Crippen molar-refractivity contribution in [3.05, 3.63) is 54.1 Å². The van der Waals surface area contributed by atoms with Crippen LogP contribution >= 0.6 is 0 Å². The first-order valence-corrected chi connectivity index (χ1v) is 7.56. The molecule has 3 rings (SSSR count). The molecule has 118 valence electrons. The maximum Gasteiger partial charge on any atom is 0.323 e. The lowest BCUT2D eigenvalue weighted by Crippen LogP contribution is -2.46. The van der Waals surface area contributed by atoms with Crippen molar-refractivity contribution in [3.63, 3.8) is 0 Å². The van der Waals surface area contributed by atoms with Crippen LogP contribution in [-0.4, -0.2) is 17.7 Å². The first kappa shape index (κ1) is 15.3. The number of hydrogen-bond acceptors (Lipinski definition) is 4. The molecule has 0 aromatic heterocycles. The number of allylic oxidation sites excluding steroid dienone is 1. The van der Waals surface area contributed by atoms with Gasteiger partial charge in [-0.15, -0.1) is 0 Å². The van der Waals surface area contributed by atoms with Crippen LogP contribution < -0.4 is 0 Å². The van der Waals surface area contributed by atoms with Crippen LogP contribution in [-0.2, 0) is 19.1 Å². The topological polar surface area (TPSA) is 52.6 Å². The molecule has 0 bridgehead atoms. The normalized spacial score (nSPS) is 18.2. The van der Waals surface area contributed by atoms with Crippen molar-refractivity contribution in [3.8, 4) is 0 Å². The summed E-state index contributed by atoms with van der Waals surface area (Å²) in [6.45, 7) is 3.09. The van der Waals surface area contributed by atoms with Gasteiger partial charge < -0.3 is 9.47 Å². The van der Waals surface area contributed by atoms with E-state index in [-0.39, 0.29) is 6.42 Å². The summed E-state index contributed by atoms with van der Waals surface area (Å²) in [6, 6.07) is 14.1. The molecule has 0 saturated carbocycles. The quantitative estimate of drug-likeness (QED) is 0.641. The maximum absolute atomic E-state index is 11.9. The molecule has 1 aliphatic rings. The van der Waals surface area contributed by atoms with E-state index in [2.05, 4.69) is 0 Å². The van der Waals surface area contributed by atoms with E-state index in [0.29, 0.717) is 0 Å². The number of carbonyl (C=O) groups excluding carboxylic acids is 2. The highest BCUT2D eigenvalue weighted by molar-refractivity contribution is 5.97. The van der Waals surface area contributed by atoms with Crippen LogP contribution in [0.15, 0.2) is 48.5 Å². The number of ether oxygens (including phenoxy) is 2. The minimum absolute atomic E-state index is 0.261. The Kier molecular flexibility index (Phi) is 3.90. The molecular formula is C19H18O4. The van der Waals surface area contributed by atoms with E-state index >= 15 is 0 Å². The fourth-order valence-corrected chi connectivity index (χ4v) is 2.66. The summed E-state index contributed by atoms with van der Waals surface area (Å²) in [6.07, 6.45) is 3.99. The highest BCUT2D eigenvalue weighted by Gasteiger charge is 2.42. The number of benzene rings is 2. The lowest BCUT2D eigenvalue weighted by atomic mass is 10.0. The van der Waals surface area contributed by atoms with Crippen LogP contribution in [0.25, 0.3) is 16.8 Å². The Morgan fingerprint density at radius 2 is 1.65 bits per heavy atom. The monoisotopic (exact) mass is 310 g/mol. The van der Waals surface area contributed by atoms with Crippen molar-refractivity contribution < 1.29 is 19.1 Å². The second-order valence-electron chi connectivity index (χ2n) is 6.00. The maximum atomic E-state index is 11.9. The average Bonchev–Trinajstić information content (AvgIpc) is 2.49. The van der Waals surface area contributed by atoms with E-state index in [9.17, 15) is 9.59 Å². The lowest BCUT2D eigenvalue weighted by Gasteiger charge is -2.32. The van der Waals surface area contributed by atoms with Gasteiger partial charge in [-0.3, -0.25) is 9.59 Å². The van der Waals surface area contributed by atoms with E-state index in [0.717, 1.165) is 16.3 Å². The largest absolute Gasteiger partial charge is 0.422 e. The molecule has 2 aromatic carbocycles. The molecule has 0 amide bonds. The van der Waals surface area contributed by atoms with E-state index in [1.165, 1.54) is 0 Å². The number of rotatable bonds is 3. The third-order valence-corrected chi connectivity index (χ3v) is 3.75. The average molecular weight is 310 g/mol. The number of fused-ring (bicyclic) bond motifs is 1. The zero-order valence-corrected chi connectivity index (χ0v) is 13.1. The minimum Gasteiger partial charge on any atom is -0.422 e. The Balaban J connectivity index is 1.76. The summed E-state index contributed by atoms with van der Waals surface area (Å²) in [5.74, 6) is -3.14. The zero-order valence-electron chi connectivity index (χ0n) is 13.1. The van der Waals surface area contributed by atoms with Crippen LogP contribution in [0.1, 0.15) is 25.8 Å². The van der Waals surface area contributed by atoms with Gasteiger partial charge in [0.2, 0.25) is 0 Å². The van der Waals surface area contributed by atoms with E-state index in [1.54, 1.807) is 13.8 Å². The third-order valence-electron chi connectivity index (χ3n) is 3.75. The number of cyclic esters (lactones) is 2. The first-order valence-electron chi connectivity index (χ1n) is 7.56. The van der Waals surface area contributed by atoms with Gasteiger partial charge in [-0.2, -0.15) is 0 Å². The molecule has 1 fully saturated rings. The van der Waals surface area contributed by atoms with E-state index in [4.69, 9.17) is 9.47 Å². The lowest BCUT2D eigenvalue weighted by molar-refractivity contribution is -0.239. The summed E-state index contributed by atoms with van der Waals surface area (Å²) >= 11 is 0. The standard InChI is InChI=1S/C19H18O4/c1-19(2)22-17(20)16(18(21)23-19)12-6-10-14-9-5-8-13-7-3-4-11-15(13)14/h3-11,16H,12H2,1-2H3. The smallest absolute Gasteiger partial charge is 0.323 e. The SMILES string of the molecule is CC1(C)OC(=O)C(CC=Cc2cccc3ccccc23)C(=O)O1. The van der Waals surface area contributed by atoms with Crippen LogP contribution in [0, 0.1) is 5.92 Å². The van der Waals surface area contributed by atoms with Gasteiger partial charge in [-0.05, 0) is 22.8 Å². The van der Waals surface area contributed by atoms with Gasteiger partial charge in [-0.1, -0.05) is 54.6 Å². The van der Waals surface area contributed by atoms with Gasteiger partial charge in [0.15, 0.2) is 5.92 Å². The fraction of sp³-hybridized carbons (Fsp3) is 0.263. The van der Waals surface area contributed by atoms with Crippen molar-refractivity contribution >= 4 is 28.8 Å². The Morgan fingerprint density at radius 1 is 1.00 bits per heavy atom. The van der Waals surface area contributed by atoms with Crippen molar-refractivity contribution in [2.45, 2.75) is 26.1 Å². The predicted molar refractivity (Wildman–Crippen MR) is 87.4 cm³/mol. The van der Waals surface area contributed by atoms with Crippen molar-refractivity contribution in [2.75, 3.05) is 0 Å². The van der Waals surface area contributed by atoms with Gasteiger partial charge in [0.05, 0.1) is 0 Å². The molecule has 1 saturated heterocycles. The number of hydrogen-bond donors (Lipinski definition) is 0. The van der Waals surface area contributed by atoms with Crippen LogP contribution in [0.5, 0.6) is 0 Å². The summed E-state index contributed by atoms with van der Waals surface area (Å²) in [5, 5.41) is 2.27. The summed E-state index contributed by atoms with van der Waals surface area (Å²) in [7, 11) is 0. The molecule has 0 aliphatic carbocycles. The van der Waals surface area contributed by atoms with Gasteiger partial charge in [0, 0.05) is 13.8 Å². The highest BCUT2D eigenvalue weighted by Crippen LogP contribution is 2.26. The van der Waals surface area contributed by atoms with E-state index < -0.39 is 23.6 Å². The fourth-order valence-electron chi connectivity index (χ4n) is 2.66. The van der Waals surface area contributed by atoms with Gasteiger partial charge >= 0.3 is 11.9 Å². The molecule has 0 spiro atoms. The summed E-state index contributed by atoms with van der Waals surface area (Å²) in [5.41, 5.74) is 1.04. The van der Waals surface area contributed by atoms with Gasteiger partial charge in [0.25, 0.3) is 5.79 Å². The van der Waals surface area contributed by atoms with Gasteiger partial charge in [0.1, 0.15) is 0 Å². The van der Waals surface area contributed by atoms with Crippen molar-refractivity contribution in [1.82, 2.24) is 0 Å². The molecule has 0 unspecified atom stereocenters. The molecule has 0 radical (unpaired) electrons. The molecule has 23 heavy (non-hydrogen) atoms.